The third-order valence-electron chi connectivity index (χ3n) is 6.00. The molecular formula is C25H32N8O7. The van der Waals surface area contributed by atoms with Crippen LogP contribution in [-0.4, -0.2) is 89.2 Å². The van der Waals surface area contributed by atoms with Gasteiger partial charge in [-0.2, -0.15) is 0 Å². The van der Waals surface area contributed by atoms with Gasteiger partial charge in [0.2, 0.25) is 17.7 Å². The van der Waals surface area contributed by atoms with E-state index in [1.165, 1.54) is 56.2 Å². The number of phenols is 1. The molecule has 3 amide bonds. The number of carboxylic acid groups (broad SMARTS) is 1. The number of imidazole rings is 2. The lowest BCUT2D eigenvalue weighted by Gasteiger charge is -2.26. The van der Waals surface area contributed by atoms with Gasteiger partial charge in [-0.15, -0.1) is 0 Å². The number of phenolic OH excluding ortho intramolecular Hbond substituents is 1. The summed E-state index contributed by atoms with van der Waals surface area (Å²) in [7, 11) is 0. The quantitative estimate of drug-likeness (QED) is 0.107. The number of nitrogens with two attached hydrogens (primary N) is 1. The van der Waals surface area contributed by atoms with E-state index < -0.39 is 54.0 Å². The third kappa shape index (κ3) is 8.64. The molecule has 0 fully saturated rings. The summed E-state index contributed by atoms with van der Waals surface area (Å²) in [4.78, 5) is 64.3. The second kappa shape index (κ2) is 13.9. The molecule has 0 radical (unpaired) electrons. The molecule has 2 aromatic heterocycles. The lowest BCUT2D eigenvalue weighted by molar-refractivity contribution is -0.142. The largest absolute Gasteiger partial charge is 0.508 e. The Morgan fingerprint density at radius 1 is 0.850 bits per heavy atom. The van der Waals surface area contributed by atoms with Crippen LogP contribution in [0.25, 0.3) is 0 Å². The van der Waals surface area contributed by atoms with Crippen LogP contribution in [-0.2, 0) is 38.4 Å². The van der Waals surface area contributed by atoms with E-state index in [1.807, 2.05) is 0 Å². The normalized spacial score (nSPS) is 14.8. The monoisotopic (exact) mass is 556 g/mol. The first-order valence-corrected chi connectivity index (χ1v) is 12.3. The van der Waals surface area contributed by atoms with Crippen LogP contribution < -0.4 is 21.7 Å². The molecule has 0 aliphatic heterocycles. The number of hydrogen-bond donors (Lipinski definition) is 9. The number of aromatic hydroxyl groups is 1. The number of carboxylic acids is 1. The molecule has 3 aromatic rings. The van der Waals surface area contributed by atoms with Crippen LogP contribution in [0.5, 0.6) is 5.75 Å². The van der Waals surface area contributed by atoms with E-state index in [0.29, 0.717) is 17.0 Å². The number of aliphatic carboxylic acids is 1. The number of aliphatic hydroxyl groups is 1. The van der Waals surface area contributed by atoms with E-state index in [9.17, 15) is 34.5 Å². The molecule has 214 valence electrons. The average Bonchev–Trinajstić information content (AvgIpc) is 3.61. The van der Waals surface area contributed by atoms with Crippen molar-refractivity contribution in [1.82, 2.24) is 35.9 Å². The molecule has 0 saturated heterocycles. The molecule has 5 atom stereocenters. The van der Waals surface area contributed by atoms with E-state index in [1.54, 1.807) is 0 Å². The highest BCUT2D eigenvalue weighted by Crippen LogP contribution is 2.12. The Morgan fingerprint density at radius 3 is 1.95 bits per heavy atom. The van der Waals surface area contributed by atoms with Crippen LogP contribution in [0.2, 0.25) is 0 Å². The molecule has 10 N–H and O–H groups in total. The maximum absolute atomic E-state index is 13.2. The van der Waals surface area contributed by atoms with Crippen molar-refractivity contribution in [2.75, 3.05) is 0 Å². The first-order valence-electron chi connectivity index (χ1n) is 12.3. The van der Waals surface area contributed by atoms with E-state index in [0.717, 1.165) is 0 Å². The van der Waals surface area contributed by atoms with Gasteiger partial charge >= 0.3 is 5.97 Å². The highest BCUT2D eigenvalue weighted by atomic mass is 16.4. The average molecular weight is 557 g/mol. The lowest BCUT2D eigenvalue weighted by Crippen LogP contribution is -2.60. The maximum Gasteiger partial charge on any atom is 0.326 e. The number of carbonyl (C=O) groups excluding carboxylic acids is 3. The Bertz CT molecular complexity index is 1260. The molecule has 0 bridgehead atoms. The summed E-state index contributed by atoms with van der Waals surface area (Å²) in [6.45, 7) is 1.28. The van der Waals surface area contributed by atoms with Gasteiger partial charge in [0.25, 0.3) is 0 Å². The van der Waals surface area contributed by atoms with Gasteiger partial charge in [0.15, 0.2) is 0 Å². The zero-order valence-corrected chi connectivity index (χ0v) is 21.6. The van der Waals surface area contributed by atoms with Crippen molar-refractivity contribution in [2.45, 2.75) is 56.5 Å². The molecule has 0 aliphatic rings. The van der Waals surface area contributed by atoms with Crippen molar-refractivity contribution in [3.63, 3.8) is 0 Å². The summed E-state index contributed by atoms with van der Waals surface area (Å²) in [5.74, 6) is -3.73. The van der Waals surface area contributed by atoms with Crippen LogP contribution in [0.4, 0.5) is 0 Å². The Labute approximate surface area is 228 Å². The predicted octanol–water partition coefficient (Wildman–Crippen LogP) is -1.89. The van der Waals surface area contributed by atoms with Crippen molar-refractivity contribution in [3.05, 3.63) is 66.3 Å². The summed E-state index contributed by atoms with van der Waals surface area (Å²) in [6, 6.07) is 0.644. The van der Waals surface area contributed by atoms with Gasteiger partial charge in [-0.1, -0.05) is 12.1 Å². The molecule has 0 aliphatic carbocycles. The molecule has 40 heavy (non-hydrogen) atoms. The van der Waals surface area contributed by atoms with Crippen molar-refractivity contribution in [2.24, 2.45) is 5.73 Å². The number of nitrogens with zero attached hydrogens (tertiary/aromatic N) is 2. The van der Waals surface area contributed by atoms with Gasteiger partial charge in [-0.3, -0.25) is 14.4 Å². The fraction of sp³-hybridized carbons (Fsp3) is 0.360. The smallest absolute Gasteiger partial charge is 0.326 e. The van der Waals surface area contributed by atoms with Crippen molar-refractivity contribution in [1.29, 1.82) is 0 Å². The number of hydrogen-bond acceptors (Lipinski definition) is 9. The molecule has 1 aromatic carbocycles. The SMILES string of the molecule is CC(O)C(NC(=O)C(N)Cc1cnc[nH]1)C(=O)NC(Cc1cnc[nH]1)C(=O)NC(Cc1ccc(O)cc1)C(=O)O. The molecule has 5 unspecified atom stereocenters. The minimum absolute atomic E-state index is 0.00372. The van der Waals surface area contributed by atoms with Crippen LogP contribution >= 0.6 is 0 Å². The zero-order chi connectivity index (χ0) is 29.2. The highest BCUT2D eigenvalue weighted by Gasteiger charge is 2.33. The molecule has 3 rings (SSSR count). The summed E-state index contributed by atoms with van der Waals surface area (Å²) in [6.07, 6.45) is 4.28. The summed E-state index contributed by atoms with van der Waals surface area (Å²) < 4.78 is 0. The van der Waals surface area contributed by atoms with Gasteiger partial charge in [0.05, 0.1) is 24.8 Å². The van der Waals surface area contributed by atoms with E-state index in [2.05, 4.69) is 35.9 Å². The highest BCUT2D eigenvalue weighted by molar-refractivity contribution is 5.94. The summed E-state index contributed by atoms with van der Waals surface area (Å²) in [5, 5.41) is 36.7. The molecule has 15 nitrogen and oxygen atoms in total. The number of benzene rings is 1. The second-order valence-electron chi connectivity index (χ2n) is 9.23. The van der Waals surface area contributed by atoms with Gasteiger partial charge in [-0.05, 0) is 24.6 Å². The molecule has 0 saturated carbocycles. The molecule has 2 heterocycles. The van der Waals surface area contributed by atoms with Crippen LogP contribution in [0.1, 0.15) is 23.9 Å². The third-order valence-corrected chi connectivity index (χ3v) is 6.00. The van der Waals surface area contributed by atoms with Gasteiger partial charge in [-0.25, -0.2) is 14.8 Å². The number of aromatic amines is 2. The Kier molecular flexibility index (Phi) is 10.3. The molecule has 0 spiro atoms. The predicted molar refractivity (Wildman–Crippen MR) is 139 cm³/mol. The first kappa shape index (κ1) is 29.8. The van der Waals surface area contributed by atoms with Crippen molar-refractivity contribution in [3.8, 4) is 5.75 Å². The van der Waals surface area contributed by atoms with Crippen LogP contribution in [0, 0.1) is 0 Å². The minimum Gasteiger partial charge on any atom is -0.508 e. The topological polar surface area (TPSA) is 248 Å². The van der Waals surface area contributed by atoms with Crippen molar-refractivity contribution < 1.29 is 34.5 Å². The van der Waals surface area contributed by atoms with Crippen LogP contribution in [0.3, 0.4) is 0 Å². The van der Waals surface area contributed by atoms with Gasteiger partial charge in [0, 0.05) is 43.0 Å². The number of aromatic nitrogens is 4. The maximum atomic E-state index is 13.2. The fourth-order valence-electron chi connectivity index (χ4n) is 3.82. The standard InChI is InChI=1S/C25H32N8O7/c1-13(34)21(33-22(36)18(26)7-15-9-27-11-29-15)24(38)31-19(8-16-10-28-12-30-16)23(37)32-20(25(39)40)6-14-2-4-17(35)5-3-14/h2-5,9-13,18-21,34-35H,6-8,26H2,1H3,(H,27,29)(H,28,30)(H,31,38)(H,32,37)(H,33,36)(H,39,40). The Morgan fingerprint density at radius 2 is 1.43 bits per heavy atom. The van der Waals surface area contributed by atoms with E-state index in [4.69, 9.17) is 5.73 Å². The number of rotatable bonds is 14. The Hall–Kier alpha value is -4.76. The van der Waals surface area contributed by atoms with Crippen LogP contribution in [0.15, 0.2) is 49.3 Å². The Balaban J connectivity index is 1.72. The molecular weight excluding hydrogens is 524 g/mol. The van der Waals surface area contributed by atoms with Crippen molar-refractivity contribution >= 4 is 23.7 Å². The number of carbonyl (C=O) groups is 4. The zero-order valence-electron chi connectivity index (χ0n) is 21.6. The fourth-order valence-corrected chi connectivity index (χ4v) is 3.82. The first-order chi connectivity index (χ1) is 19.0. The summed E-state index contributed by atoms with van der Waals surface area (Å²) in [5.41, 5.74) is 7.54. The number of amides is 3. The number of aliphatic hydroxyl groups excluding tert-OH is 1. The van der Waals surface area contributed by atoms with Gasteiger partial charge < -0.3 is 47.0 Å². The number of nitrogens with one attached hydrogen (secondary N) is 5. The molecule has 15 heteroatoms. The van der Waals surface area contributed by atoms with Gasteiger partial charge in [0.1, 0.15) is 23.9 Å². The number of H-pyrrole nitrogens is 2. The summed E-state index contributed by atoms with van der Waals surface area (Å²) >= 11 is 0. The van der Waals surface area contributed by atoms with E-state index in [-0.39, 0.29) is 25.0 Å². The lowest BCUT2D eigenvalue weighted by atomic mass is 10.0. The minimum atomic E-state index is -1.47. The van der Waals surface area contributed by atoms with E-state index >= 15 is 0 Å². The second-order valence-corrected chi connectivity index (χ2v) is 9.23.